The highest BCUT2D eigenvalue weighted by Gasteiger charge is 2.19. The summed E-state index contributed by atoms with van der Waals surface area (Å²) >= 11 is 0. The van der Waals surface area contributed by atoms with Crippen LogP contribution in [-0.2, 0) is 11.2 Å². The lowest BCUT2D eigenvalue weighted by atomic mass is 10.00. The molecule has 1 aromatic carbocycles. The van der Waals surface area contributed by atoms with Gasteiger partial charge >= 0.3 is 0 Å². The van der Waals surface area contributed by atoms with Crippen LogP contribution in [0.5, 0.6) is 0 Å². The fourth-order valence-corrected chi connectivity index (χ4v) is 3.85. The maximum absolute atomic E-state index is 12.3. The molecule has 6 heteroatoms. The maximum Gasteiger partial charge on any atom is 0.272 e. The van der Waals surface area contributed by atoms with E-state index in [0.29, 0.717) is 23.7 Å². The number of benzene rings is 1. The third kappa shape index (κ3) is 4.49. The third-order valence-electron chi connectivity index (χ3n) is 5.27. The van der Waals surface area contributed by atoms with Gasteiger partial charge in [0, 0.05) is 24.5 Å². The SMILES string of the molecule is CCC1CCCCN1CCCNC(=O)Cc1n[nH]c(=O)c2ccccc12. The topological polar surface area (TPSA) is 78.1 Å². The number of amides is 1. The van der Waals surface area contributed by atoms with E-state index in [1.807, 2.05) is 18.2 Å². The fourth-order valence-electron chi connectivity index (χ4n) is 3.85. The standard InChI is InChI=1S/C20H28N4O2/c1-2-15-8-5-6-12-24(15)13-7-11-21-19(25)14-18-16-9-3-4-10-17(16)20(26)23-22-18/h3-4,9-10,15H,2,5-8,11-14H2,1H3,(H,21,25)(H,23,26). The Balaban J connectivity index is 1.49. The third-order valence-corrected chi connectivity index (χ3v) is 5.27. The Kier molecular flexibility index (Phi) is 6.39. The number of aromatic nitrogens is 2. The first-order valence-corrected chi connectivity index (χ1v) is 9.66. The van der Waals surface area contributed by atoms with Gasteiger partial charge in [-0.1, -0.05) is 31.5 Å². The van der Waals surface area contributed by atoms with Crippen molar-refractivity contribution in [2.45, 2.75) is 51.5 Å². The summed E-state index contributed by atoms with van der Waals surface area (Å²) < 4.78 is 0. The van der Waals surface area contributed by atoms with Crippen molar-refractivity contribution in [1.82, 2.24) is 20.4 Å². The molecule has 0 saturated carbocycles. The van der Waals surface area contributed by atoms with Crippen LogP contribution in [0.1, 0.15) is 44.7 Å². The Morgan fingerprint density at radius 2 is 2.12 bits per heavy atom. The number of piperidine rings is 1. The summed E-state index contributed by atoms with van der Waals surface area (Å²) in [5.74, 6) is -0.0552. The number of fused-ring (bicyclic) bond motifs is 1. The van der Waals surface area contributed by atoms with Crippen LogP contribution in [0.3, 0.4) is 0 Å². The molecule has 1 unspecified atom stereocenters. The van der Waals surface area contributed by atoms with E-state index >= 15 is 0 Å². The molecule has 2 N–H and O–H groups in total. The molecule has 6 nitrogen and oxygen atoms in total. The molecule has 3 rings (SSSR count). The number of nitrogens with zero attached hydrogens (tertiary/aromatic N) is 2. The van der Waals surface area contributed by atoms with Crippen LogP contribution in [0.4, 0.5) is 0 Å². The second-order valence-electron chi connectivity index (χ2n) is 7.02. The normalized spacial score (nSPS) is 18.1. The van der Waals surface area contributed by atoms with Crippen molar-refractivity contribution < 1.29 is 4.79 Å². The second kappa shape index (κ2) is 8.94. The molecule has 1 aliphatic rings. The Labute approximate surface area is 154 Å². The van der Waals surface area contributed by atoms with E-state index in [0.717, 1.165) is 18.4 Å². The summed E-state index contributed by atoms with van der Waals surface area (Å²) in [5, 5.41) is 10.8. The summed E-state index contributed by atoms with van der Waals surface area (Å²) in [7, 11) is 0. The van der Waals surface area contributed by atoms with Crippen LogP contribution in [-0.4, -0.2) is 46.7 Å². The number of H-pyrrole nitrogens is 1. The smallest absolute Gasteiger partial charge is 0.272 e. The van der Waals surface area contributed by atoms with Gasteiger partial charge in [-0.3, -0.25) is 9.59 Å². The molecule has 1 amide bonds. The lowest BCUT2D eigenvalue weighted by Gasteiger charge is -2.35. The first-order chi connectivity index (χ1) is 12.7. The molecular weight excluding hydrogens is 328 g/mol. The minimum Gasteiger partial charge on any atom is -0.356 e. The quantitative estimate of drug-likeness (QED) is 0.746. The van der Waals surface area contributed by atoms with E-state index in [4.69, 9.17) is 0 Å². The van der Waals surface area contributed by atoms with Gasteiger partial charge < -0.3 is 10.2 Å². The van der Waals surface area contributed by atoms with E-state index in [-0.39, 0.29) is 17.9 Å². The second-order valence-corrected chi connectivity index (χ2v) is 7.02. The van der Waals surface area contributed by atoms with E-state index in [1.165, 1.54) is 32.2 Å². The van der Waals surface area contributed by atoms with Crippen LogP contribution < -0.4 is 10.9 Å². The number of nitrogens with one attached hydrogen (secondary N) is 2. The molecule has 1 aliphatic heterocycles. The molecule has 2 heterocycles. The largest absolute Gasteiger partial charge is 0.356 e. The number of carbonyl (C=O) groups excluding carboxylic acids is 1. The van der Waals surface area contributed by atoms with Crippen molar-refractivity contribution in [3.8, 4) is 0 Å². The Bertz CT molecular complexity index is 802. The molecule has 1 aromatic heterocycles. The molecule has 0 bridgehead atoms. The molecule has 1 atom stereocenters. The maximum atomic E-state index is 12.3. The predicted octanol–water partition coefficient (Wildman–Crippen LogP) is 2.24. The van der Waals surface area contributed by atoms with Crippen LogP contribution in [0.25, 0.3) is 10.8 Å². The Morgan fingerprint density at radius 1 is 1.31 bits per heavy atom. The van der Waals surface area contributed by atoms with Crippen molar-refractivity contribution in [1.29, 1.82) is 0 Å². The van der Waals surface area contributed by atoms with Crippen LogP contribution in [0, 0.1) is 0 Å². The number of rotatable bonds is 7. The van der Waals surface area contributed by atoms with E-state index in [2.05, 4.69) is 27.3 Å². The zero-order valence-corrected chi connectivity index (χ0v) is 15.5. The number of aromatic amines is 1. The first kappa shape index (κ1) is 18.6. The summed E-state index contributed by atoms with van der Waals surface area (Å²) in [6.07, 6.45) is 6.27. The fraction of sp³-hybridized carbons (Fsp3) is 0.550. The van der Waals surface area contributed by atoms with Gasteiger partial charge in [-0.25, -0.2) is 5.10 Å². The van der Waals surface area contributed by atoms with Gasteiger partial charge in [0.05, 0.1) is 17.5 Å². The lowest BCUT2D eigenvalue weighted by Crippen LogP contribution is -2.40. The van der Waals surface area contributed by atoms with Gasteiger partial charge in [0.25, 0.3) is 5.56 Å². The molecule has 0 radical (unpaired) electrons. The van der Waals surface area contributed by atoms with Crippen LogP contribution >= 0.6 is 0 Å². The number of likely N-dealkylation sites (tertiary alicyclic amines) is 1. The van der Waals surface area contributed by atoms with Gasteiger partial charge in [0.1, 0.15) is 0 Å². The summed E-state index contributed by atoms with van der Waals surface area (Å²) in [5.41, 5.74) is 0.386. The average Bonchev–Trinajstić information content (AvgIpc) is 2.68. The highest BCUT2D eigenvalue weighted by Crippen LogP contribution is 2.19. The average molecular weight is 356 g/mol. The van der Waals surface area contributed by atoms with Gasteiger partial charge in [-0.15, -0.1) is 0 Å². The Hall–Kier alpha value is -2.21. The molecular formula is C20H28N4O2. The molecule has 140 valence electrons. The predicted molar refractivity (Wildman–Crippen MR) is 103 cm³/mol. The number of hydrogen-bond acceptors (Lipinski definition) is 4. The van der Waals surface area contributed by atoms with Gasteiger partial charge in [-0.05, 0) is 38.3 Å². The van der Waals surface area contributed by atoms with Crippen molar-refractivity contribution in [2.24, 2.45) is 0 Å². The number of carbonyl (C=O) groups is 1. The summed E-state index contributed by atoms with van der Waals surface area (Å²) in [6, 6.07) is 7.96. The highest BCUT2D eigenvalue weighted by atomic mass is 16.1. The first-order valence-electron chi connectivity index (χ1n) is 9.66. The van der Waals surface area contributed by atoms with E-state index in [9.17, 15) is 9.59 Å². The Morgan fingerprint density at radius 3 is 2.92 bits per heavy atom. The zero-order valence-electron chi connectivity index (χ0n) is 15.5. The van der Waals surface area contributed by atoms with E-state index < -0.39 is 0 Å². The number of hydrogen-bond donors (Lipinski definition) is 2. The molecule has 1 saturated heterocycles. The van der Waals surface area contributed by atoms with Crippen molar-refractivity contribution >= 4 is 16.7 Å². The minimum atomic E-state index is -0.225. The van der Waals surface area contributed by atoms with Crippen LogP contribution in [0.2, 0.25) is 0 Å². The van der Waals surface area contributed by atoms with Crippen LogP contribution in [0.15, 0.2) is 29.1 Å². The van der Waals surface area contributed by atoms with Gasteiger partial charge in [0.2, 0.25) is 5.91 Å². The molecule has 1 fully saturated rings. The summed E-state index contributed by atoms with van der Waals surface area (Å²) in [6.45, 7) is 5.15. The van der Waals surface area contributed by atoms with Crippen molar-refractivity contribution in [3.05, 3.63) is 40.3 Å². The van der Waals surface area contributed by atoms with Gasteiger partial charge in [-0.2, -0.15) is 5.10 Å². The molecule has 0 spiro atoms. The minimum absolute atomic E-state index is 0.0552. The van der Waals surface area contributed by atoms with Crippen molar-refractivity contribution in [3.63, 3.8) is 0 Å². The lowest BCUT2D eigenvalue weighted by molar-refractivity contribution is -0.120. The highest BCUT2D eigenvalue weighted by molar-refractivity contribution is 5.88. The zero-order chi connectivity index (χ0) is 18.4. The van der Waals surface area contributed by atoms with E-state index in [1.54, 1.807) is 6.07 Å². The van der Waals surface area contributed by atoms with Crippen molar-refractivity contribution in [2.75, 3.05) is 19.6 Å². The monoisotopic (exact) mass is 356 g/mol. The summed E-state index contributed by atoms with van der Waals surface area (Å²) in [4.78, 5) is 26.6. The van der Waals surface area contributed by atoms with Gasteiger partial charge in [0.15, 0.2) is 0 Å². The molecule has 0 aliphatic carbocycles. The molecule has 26 heavy (non-hydrogen) atoms. The molecule has 2 aromatic rings.